The summed E-state index contributed by atoms with van der Waals surface area (Å²) < 4.78 is 34.8. The Bertz CT molecular complexity index is 575. The zero-order chi connectivity index (χ0) is 15.9. The summed E-state index contributed by atoms with van der Waals surface area (Å²) >= 11 is 4.13. The van der Waals surface area contributed by atoms with Crippen LogP contribution in [0.1, 0.15) is 5.56 Å². The molecule has 0 saturated heterocycles. The Balaban J connectivity index is 0.00000441. The molecular weight excluding hydrogens is 337 g/mol. The third-order valence-electron chi connectivity index (χ3n) is 2.83. The van der Waals surface area contributed by atoms with Crippen LogP contribution in [0.15, 0.2) is 29.3 Å². The van der Waals surface area contributed by atoms with Crippen LogP contribution < -0.4 is 39.4 Å². The van der Waals surface area contributed by atoms with Gasteiger partial charge in [0, 0.05) is 0 Å². The average molecular weight is 355 g/mol. The first-order valence-corrected chi connectivity index (χ1v) is 8.50. The molecule has 1 N–H and O–H groups in total. The first-order valence-electron chi connectivity index (χ1n) is 6.26. The number of hydrogen-bond donors (Lipinski definition) is 2. The predicted molar refractivity (Wildman–Crippen MR) is 82.8 cm³/mol. The zero-order valence-electron chi connectivity index (χ0n) is 12.6. The standard InChI is InChI=1S/C13H19NO5S2.Na/c1-19-12-4-2-10(3-5-12)8-11(9-20)13(15)14-6-7-21(16,17)18;/h2-5,11,20H,6-9H2,1H3,(H,14,15)(H,16,17,18);/q;+1/p-1. The van der Waals surface area contributed by atoms with Gasteiger partial charge < -0.3 is 14.8 Å². The van der Waals surface area contributed by atoms with Gasteiger partial charge in [-0.1, -0.05) is 12.1 Å². The summed E-state index contributed by atoms with van der Waals surface area (Å²) in [6.45, 7) is -0.245. The van der Waals surface area contributed by atoms with Crippen LogP contribution >= 0.6 is 12.6 Å². The van der Waals surface area contributed by atoms with Crippen LogP contribution in [0.5, 0.6) is 5.75 Å². The van der Waals surface area contributed by atoms with Gasteiger partial charge in [0.05, 0.1) is 19.4 Å². The maximum Gasteiger partial charge on any atom is 1.00 e. The fraction of sp³-hybridized carbons (Fsp3) is 0.462. The number of benzene rings is 1. The molecule has 0 fully saturated rings. The molecule has 0 aliphatic carbocycles. The first-order chi connectivity index (χ1) is 9.85. The molecule has 0 heterocycles. The Morgan fingerprint density at radius 1 is 1.41 bits per heavy atom. The van der Waals surface area contributed by atoms with E-state index in [2.05, 4.69) is 17.6 Å². The van der Waals surface area contributed by atoms with E-state index in [1.807, 2.05) is 12.1 Å². The van der Waals surface area contributed by atoms with Crippen LogP contribution in [0.3, 0.4) is 0 Å². The number of thiol groups is 1. The van der Waals surface area contributed by atoms with Gasteiger partial charge in [-0.25, -0.2) is 0 Å². The molecule has 6 nitrogen and oxygen atoms in total. The number of nitrogens with zero attached hydrogens (tertiary/aromatic N) is 1. The van der Waals surface area contributed by atoms with Crippen molar-refractivity contribution >= 4 is 28.6 Å². The number of methoxy groups -OCH3 is 1. The van der Waals surface area contributed by atoms with Crippen molar-refractivity contribution in [2.24, 2.45) is 10.9 Å². The molecule has 0 aliphatic heterocycles. The Morgan fingerprint density at radius 3 is 2.45 bits per heavy atom. The third kappa shape index (κ3) is 8.40. The summed E-state index contributed by atoms with van der Waals surface area (Å²) in [5, 5.41) is 11.9. The maximum atomic E-state index is 11.9. The van der Waals surface area contributed by atoms with Crippen molar-refractivity contribution in [3.63, 3.8) is 0 Å². The predicted octanol–water partition coefficient (Wildman–Crippen LogP) is -2.57. The second-order valence-electron chi connectivity index (χ2n) is 4.44. The molecule has 1 aromatic rings. The molecule has 0 bridgehead atoms. The molecular formula is C13H18NNaO5S2. The topological polar surface area (TPSA) is 99.0 Å². The molecule has 1 aromatic carbocycles. The Hall–Kier alpha value is -0.250. The van der Waals surface area contributed by atoms with Crippen molar-refractivity contribution in [1.29, 1.82) is 0 Å². The minimum absolute atomic E-state index is 0. The molecule has 1 atom stereocenters. The van der Waals surface area contributed by atoms with Gasteiger partial charge in [0.1, 0.15) is 5.75 Å². The van der Waals surface area contributed by atoms with E-state index in [0.29, 0.717) is 12.2 Å². The second kappa shape index (κ2) is 10.5. The number of ether oxygens (including phenoxy) is 1. The molecule has 0 aliphatic rings. The van der Waals surface area contributed by atoms with Crippen LogP contribution in [0.2, 0.25) is 0 Å². The summed E-state index contributed by atoms with van der Waals surface area (Å²) in [5.41, 5.74) is 0.938. The normalized spacial score (nSPS) is 13.3. The third-order valence-corrected chi connectivity index (χ3v) is 3.97. The first kappa shape index (κ1) is 21.8. The van der Waals surface area contributed by atoms with Crippen LogP contribution in [-0.2, 0) is 16.5 Å². The Kier molecular flexibility index (Phi) is 10.4. The van der Waals surface area contributed by atoms with E-state index in [0.717, 1.165) is 11.3 Å². The molecule has 22 heavy (non-hydrogen) atoms. The van der Waals surface area contributed by atoms with E-state index in [-0.39, 0.29) is 36.1 Å². The van der Waals surface area contributed by atoms with Crippen molar-refractivity contribution in [2.45, 2.75) is 6.42 Å². The van der Waals surface area contributed by atoms with Gasteiger partial charge in [-0.2, -0.15) is 21.0 Å². The Labute approximate surface area is 158 Å². The van der Waals surface area contributed by atoms with Gasteiger partial charge in [0.25, 0.3) is 10.1 Å². The van der Waals surface area contributed by atoms with E-state index in [1.165, 1.54) is 0 Å². The van der Waals surface area contributed by atoms with Gasteiger partial charge in [0.15, 0.2) is 0 Å². The van der Waals surface area contributed by atoms with E-state index < -0.39 is 27.7 Å². The van der Waals surface area contributed by atoms with Crippen molar-refractivity contribution < 1.29 is 52.4 Å². The molecule has 0 spiro atoms. The number of aliphatic imine (C=N–C) groups is 1. The minimum Gasteiger partial charge on any atom is -0.862 e. The van der Waals surface area contributed by atoms with Crippen molar-refractivity contribution in [2.75, 3.05) is 25.2 Å². The largest absolute Gasteiger partial charge is 1.00 e. The molecule has 0 amide bonds. The molecule has 0 aromatic heterocycles. The summed E-state index contributed by atoms with van der Waals surface area (Å²) in [7, 11) is -2.53. The number of hydrogen-bond acceptors (Lipinski definition) is 6. The maximum absolute atomic E-state index is 11.9. The summed E-state index contributed by atoms with van der Waals surface area (Å²) in [4.78, 5) is 3.66. The van der Waals surface area contributed by atoms with Gasteiger partial charge in [-0.15, -0.1) is 0 Å². The average Bonchev–Trinajstić information content (AvgIpc) is 2.43. The van der Waals surface area contributed by atoms with Crippen LogP contribution in [-0.4, -0.2) is 44.0 Å². The summed E-state index contributed by atoms with van der Waals surface area (Å²) in [6, 6.07) is 7.29. The molecule has 9 heteroatoms. The van der Waals surface area contributed by atoms with Gasteiger partial charge in [-0.3, -0.25) is 4.55 Å². The van der Waals surface area contributed by atoms with Crippen LogP contribution in [0.4, 0.5) is 0 Å². The van der Waals surface area contributed by atoms with Gasteiger partial charge in [0.2, 0.25) is 0 Å². The molecule has 0 saturated carbocycles. The zero-order valence-corrected chi connectivity index (χ0v) is 16.3. The SMILES string of the molecule is COc1ccc(CC(CS)C([O-])=NCCS(=O)(=O)O)cc1.[Na+]. The smallest absolute Gasteiger partial charge is 0.862 e. The molecule has 118 valence electrons. The fourth-order valence-corrected chi connectivity index (χ4v) is 2.28. The molecule has 1 unspecified atom stereocenters. The minimum atomic E-state index is -4.10. The number of rotatable bonds is 8. The fourth-order valence-electron chi connectivity index (χ4n) is 1.68. The monoisotopic (exact) mass is 355 g/mol. The van der Waals surface area contributed by atoms with Crippen molar-refractivity contribution in [1.82, 2.24) is 0 Å². The van der Waals surface area contributed by atoms with E-state index >= 15 is 0 Å². The second-order valence-corrected chi connectivity index (χ2v) is 6.37. The molecule has 0 radical (unpaired) electrons. The summed E-state index contributed by atoms with van der Waals surface area (Å²) in [6.07, 6.45) is 0.460. The van der Waals surface area contributed by atoms with E-state index in [9.17, 15) is 13.5 Å². The quantitative estimate of drug-likeness (QED) is 0.176. The van der Waals surface area contributed by atoms with Gasteiger partial charge in [-0.05, 0) is 41.7 Å². The van der Waals surface area contributed by atoms with E-state index in [4.69, 9.17) is 9.29 Å². The van der Waals surface area contributed by atoms with Gasteiger partial charge >= 0.3 is 29.6 Å². The summed E-state index contributed by atoms with van der Waals surface area (Å²) in [5.74, 6) is -0.362. The molecule has 1 rings (SSSR count). The van der Waals surface area contributed by atoms with Crippen molar-refractivity contribution in [3.8, 4) is 5.75 Å². The van der Waals surface area contributed by atoms with E-state index in [1.54, 1.807) is 19.2 Å². The van der Waals surface area contributed by atoms with Crippen LogP contribution in [0.25, 0.3) is 0 Å². The Morgan fingerprint density at radius 2 is 2.00 bits per heavy atom. The van der Waals surface area contributed by atoms with Crippen molar-refractivity contribution in [3.05, 3.63) is 29.8 Å². The van der Waals surface area contributed by atoms with Crippen LogP contribution in [0, 0.1) is 5.92 Å².